The summed E-state index contributed by atoms with van der Waals surface area (Å²) in [4.78, 5) is 15.2. The standard InChI is InChI=1S/C24H23ClN2O4/c1-30-17-9-7-15(8-10-17)11-12-27-23(16-13-19(25)22(28)21(14-16)31-2)26-20-6-4-3-5-18(20)24(27)29/h3-10,13-14,23,26,28H,11-12H2,1-2H3/t23-/m1/s1. The lowest BCUT2D eigenvalue weighted by molar-refractivity contribution is 0.0685. The second kappa shape index (κ2) is 8.78. The van der Waals surface area contributed by atoms with Crippen LogP contribution in [0.4, 0.5) is 5.69 Å². The summed E-state index contributed by atoms with van der Waals surface area (Å²) in [5.41, 5.74) is 3.18. The molecule has 1 aliphatic rings. The molecule has 6 nitrogen and oxygen atoms in total. The first-order chi connectivity index (χ1) is 15.0. The van der Waals surface area contributed by atoms with Gasteiger partial charge >= 0.3 is 0 Å². The van der Waals surface area contributed by atoms with Crippen LogP contribution in [0.3, 0.4) is 0 Å². The molecule has 3 aromatic carbocycles. The van der Waals surface area contributed by atoms with Crippen molar-refractivity contribution in [1.29, 1.82) is 0 Å². The minimum Gasteiger partial charge on any atom is -0.503 e. The maximum Gasteiger partial charge on any atom is 0.257 e. The van der Waals surface area contributed by atoms with Crippen LogP contribution in [0.5, 0.6) is 17.2 Å². The molecule has 0 fully saturated rings. The molecule has 0 spiro atoms. The van der Waals surface area contributed by atoms with E-state index >= 15 is 0 Å². The third-order valence-corrected chi connectivity index (χ3v) is 5.70. The Morgan fingerprint density at radius 1 is 1.06 bits per heavy atom. The van der Waals surface area contributed by atoms with Gasteiger partial charge in [0.15, 0.2) is 11.5 Å². The van der Waals surface area contributed by atoms with Crippen molar-refractivity contribution in [2.45, 2.75) is 12.6 Å². The quantitative estimate of drug-likeness (QED) is 0.574. The molecular formula is C24H23ClN2O4. The first-order valence-electron chi connectivity index (χ1n) is 9.87. The van der Waals surface area contributed by atoms with Gasteiger partial charge in [-0.2, -0.15) is 0 Å². The highest BCUT2D eigenvalue weighted by molar-refractivity contribution is 6.32. The number of nitrogens with one attached hydrogen (secondary N) is 1. The number of halogens is 1. The molecule has 1 heterocycles. The lowest BCUT2D eigenvalue weighted by atomic mass is 10.0. The summed E-state index contributed by atoms with van der Waals surface area (Å²) >= 11 is 6.23. The molecule has 0 bridgehead atoms. The number of carbonyl (C=O) groups is 1. The molecule has 31 heavy (non-hydrogen) atoms. The Morgan fingerprint density at radius 3 is 2.52 bits per heavy atom. The minimum absolute atomic E-state index is 0.0731. The summed E-state index contributed by atoms with van der Waals surface area (Å²) < 4.78 is 10.5. The summed E-state index contributed by atoms with van der Waals surface area (Å²) in [6, 6.07) is 18.6. The SMILES string of the molecule is COc1ccc(CCN2C(=O)c3ccccc3N[C@H]2c2cc(Cl)c(O)c(OC)c2)cc1. The summed E-state index contributed by atoms with van der Waals surface area (Å²) in [7, 11) is 3.09. The molecule has 1 atom stereocenters. The van der Waals surface area contributed by atoms with Crippen molar-refractivity contribution in [2.24, 2.45) is 0 Å². The lowest BCUT2D eigenvalue weighted by Crippen LogP contribution is -2.44. The van der Waals surface area contributed by atoms with Crippen LogP contribution < -0.4 is 14.8 Å². The van der Waals surface area contributed by atoms with Crippen molar-refractivity contribution in [3.05, 3.63) is 82.4 Å². The number of benzene rings is 3. The molecule has 1 amide bonds. The fraction of sp³-hybridized carbons (Fsp3) is 0.208. The molecule has 7 heteroatoms. The number of amides is 1. The van der Waals surface area contributed by atoms with Crippen LogP contribution in [0.1, 0.15) is 27.7 Å². The van der Waals surface area contributed by atoms with E-state index in [1.54, 1.807) is 24.1 Å². The van der Waals surface area contributed by atoms with Crippen molar-refractivity contribution in [3.63, 3.8) is 0 Å². The molecule has 0 radical (unpaired) electrons. The molecule has 0 aromatic heterocycles. The number of hydrogen-bond donors (Lipinski definition) is 2. The Hall–Kier alpha value is -3.38. The molecular weight excluding hydrogens is 416 g/mol. The van der Waals surface area contributed by atoms with E-state index in [4.69, 9.17) is 21.1 Å². The summed E-state index contributed by atoms with van der Waals surface area (Å²) in [6.45, 7) is 0.484. The molecule has 160 valence electrons. The predicted octanol–water partition coefficient (Wildman–Crippen LogP) is 4.87. The monoisotopic (exact) mass is 438 g/mol. The zero-order chi connectivity index (χ0) is 22.0. The Morgan fingerprint density at radius 2 is 1.81 bits per heavy atom. The van der Waals surface area contributed by atoms with Crippen LogP contribution in [-0.4, -0.2) is 36.7 Å². The zero-order valence-electron chi connectivity index (χ0n) is 17.3. The van der Waals surface area contributed by atoms with Gasteiger partial charge in [-0.1, -0.05) is 35.9 Å². The number of phenols is 1. The number of ether oxygens (including phenoxy) is 2. The van der Waals surface area contributed by atoms with Crippen LogP contribution in [0, 0.1) is 0 Å². The maximum atomic E-state index is 13.4. The van der Waals surface area contributed by atoms with Gasteiger partial charge in [0.2, 0.25) is 0 Å². The number of hydrogen-bond acceptors (Lipinski definition) is 5. The fourth-order valence-electron chi connectivity index (χ4n) is 3.74. The molecule has 1 aliphatic heterocycles. The molecule has 2 N–H and O–H groups in total. The summed E-state index contributed by atoms with van der Waals surface area (Å²) in [5.74, 6) is 0.846. The largest absolute Gasteiger partial charge is 0.503 e. The van der Waals surface area contributed by atoms with Gasteiger partial charge in [-0.3, -0.25) is 4.79 Å². The van der Waals surface area contributed by atoms with E-state index in [-0.39, 0.29) is 22.4 Å². The minimum atomic E-state index is -0.465. The zero-order valence-corrected chi connectivity index (χ0v) is 18.0. The van der Waals surface area contributed by atoms with E-state index < -0.39 is 6.17 Å². The van der Waals surface area contributed by atoms with Gasteiger partial charge in [0, 0.05) is 17.8 Å². The number of para-hydroxylation sites is 1. The Balaban J connectivity index is 1.68. The van der Waals surface area contributed by atoms with Crippen LogP contribution in [0.15, 0.2) is 60.7 Å². The van der Waals surface area contributed by atoms with E-state index in [1.165, 1.54) is 7.11 Å². The molecule has 0 saturated heterocycles. The normalized spacial score (nSPS) is 15.3. The topological polar surface area (TPSA) is 71.0 Å². The number of nitrogens with zero attached hydrogens (tertiary/aromatic N) is 1. The third-order valence-electron chi connectivity index (χ3n) is 5.41. The van der Waals surface area contributed by atoms with Crippen molar-refractivity contribution in [2.75, 3.05) is 26.1 Å². The van der Waals surface area contributed by atoms with Gasteiger partial charge < -0.3 is 24.8 Å². The highest BCUT2D eigenvalue weighted by Gasteiger charge is 2.33. The van der Waals surface area contributed by atoms with Crippen molar-refractivity contribution < 1.29 is 19.4 Å². The second-order valence-electron chi connectivity index (χ2n) is 7.24. The van der Waals surface area contributed by atoms with Gasteiger partial charge in [-0.25, -0.2) is 0 Å². The number of methoxy groups -OCH3 is 2. The predicted molar refractivity (Wildman–Crippen MR) is 120 cm³/mol. The number of rotatable bonds is 6. The second-order valence-corrected chi connectivity index (χ2v) is 7.65. The highest BCUT2D eigenvalue weighted by Crippen LogP contribution is 2.40. The van der Waals surface area contributed by atoms with Gasteiger partial charge in [0.1, 0.15) is 11.9 Å². The third kappa shape index (κ3) is 4.11. The van der Waals surface area contributed by atoms with Crippen molar-refractivity contribution >= 4 is 23.2 Å². The number of fused-ring (bicyclic) bond motifs is 1. The Kier molecular flexibility index (Phi) is 5.91. The smallest absolute Gasteiger partial charge is 0.257 e. The molecule has 0 saturated carbocycles. The summed E-state index contributed by atoms with van der Waals surface area (Å²) in [6.07, 6.45) is 0.201. The number of carbonyl (C=O) groups excluding carboxylic acids is 1. The van der Waals surface area contributed by atoms with E-state index in [0.29, 0.717) is 18.5 Å². The molecule has 0 unspecified atom stereocenters. The number of aromatic hydroxyl groups is 1. The van der Waals surface area contributed by atoms with Gasteiger partial charge in [0.25, 0.3) is 5.91 Å². The fourth-order valence-corrected chi connectivity index (χ4v) is 3.95. The average molecular weight is 439 g/mol. The lowest BCUT2D eigenvalue weighted by Gasteiger charge is -2.38. The Bertz CT molecular complexity index is 1100. The van der Waals surface area contributed by atoms with E-state index in [2.05, 4.69) is 5.32 Å². The van der Waals surface area contributed by atoms with Gasteiger partial charge in [0.05, 0.1) is 24.8 Å². The number of anilines is 1. The number of phenolic OH excluding ortho intramolecular Hbond substituents is 1. The van der Waals surface area contributed by atoms with E-state index in [9.17, 15) is 9.90 Å². The summed E-state index contributed by atoms with van der Waals surface area (Å²) in [5, 5.41) is 13.7. The van der Waals surface area contributed by atoms with Crippen LogP contribution >= 0.6 is 11.6 Å². The molecule has 3 aromatic rings. The van der Waals surface area contributed by atoms with Gasteiger partial charge in [-0.15, -0.1) is 0 Å². The van der Waals surface area contributed by atoms with Crippen LogP contribution in [0.2, 0.25) is 5.02 Å². The van der Waals surface area contributed by atoms with Crippen LogP contribution in [-0.2, 0) is 6.42 Å². The maximum absolute atomic E-state index is 13.4. The van der Waals surface area contributed by atoms with Gasteiger partial charge in [-0.05, 0) is 48.4 Å². The van der Waals surface area contributed by atoms with E-state index in [0.717, 1.165) is 22.6 Å². The van der Waals surface area contributed by atoms with E-state index in [1.807, 2.05) is 48.5 Å². The van der Waals surface area contributed by atoms with Crippen molar-refractivity contribution in [1.82, 2.24) is 4.90 Å². The van der Waals surface area contributed by atoms with Crippen molar-refractivity contribution in [3.8, 4) is 17.2 Å². The highest BCUT2D eigenvalue weighted by atomic mass is 35.5. The Labute approximate surface area is 186 Å². The average Bonchev–Trinajstić information content (AvgIpc) is 2.80. The first kappa shape index (κ1) is 20.9. The molecule has 4 rings (SSSR count). The first-order valence-corrected chi connectivity index (χ1v) is 10.3. The molecule has 0 aliphatic carbocycles. The van der Waals surface area contributed by atoms with Crippen LogP contribution in [0.25, 0.3) is 0 Å².